The van der Waals surface area contributed by atoms with Crippen LogP contribution < -0.4 is 10.2 Å². The van der Waals surface area contributed by atoms with Crippen molar-refractivity contribution in [3.8, 4) is 0 Å². The lowest BCUT2D eigenvalue weighted by molar-refractivity contribution is -0.119. The zero-order valence-corrected chi connectivity index (χ0v) is 11.0. The van der Waals surface area contributed by atoms with Crippen LogP contribution in [-0.4, -0.2) is 30.6 Å². The lowest BCUT2D eigenvalue weighted by Gasteiger charge is -2.23. The van der Waals surface area contributed by atoms with Crippen molar-refractivity contribution in [1.82, 2.24) is 5.32 Å². The number of likely N-dealkylation sites (N-methyl/N-ethyl adjacent to an activating group) is 2. The number of rotatable bonds is 6. The number of amides is 1. The van der Waals surface area contributed by atoms with Crippen molar-refractivity contribution in [2.24, 2.45) is 0 Å². The zero-order chi connectivity index (χ0) is 14.4. The molecule has 0 aliphatic rings. The van der Waals surface area contributed by atoms with Crippen molar-refractivity contribution in [1.29, 1.82) is 0 Å². The van der Waals surface area contributed by atoms with Gasteiger partial charge < -0.3 is 15.3 Å². The normalized spacial score (nSPS) is 10.4. The lowest BCUT2D eigenvalue weighted by Crippen LogP contribution is -2.38. The molecule has 0 aromatic heterocycles. The van der Waals surface area contributed by atoms with Crippen LogP contribution in [0.2, 0.25) is 0 Å². The minimum atomic E-state index is -0.782. The van der Waals surface area contributed by atoms with Gasteiger partial charge in [-0.2, -0.15) is 0 Å². The molecule has 1 rings (SSSR count). The quantitative estimate of drug-likeness (QED) is 0.823. The van der Waals surface area contributed by atoms with Gasteiger partial charge in [0.1, 0.15) is 17.3 Å². The van der Waals surface area contributed by atoms with E-state index >= 15 is 0 Å². The SMILES string of the molecule is CCNC(=O)CN(CC)c1c(F)cc(CO)cc1F. The van der Waals surface area contributed by atoms with Gasteiger partial charge in [-0.05, 0) is 31.5 Å². The Kier molecular flexibility index (Phi) is 5.69. The Labute approximate surface area is 111 Å². The van der Waals surface area contributed by atoms with E-state index in [1.54, 1.807) is 13.8 Å². The van der Waals surface area contributed by atoms with Gasteiger partial charge in [-0.3, -0.25) is 4.79 Å². The number of aliphatic hydroxyl groups excluding tert-OH is 1. The summed E-state index contributed by atoms with van der Waals surface area (Å²) in [4.78, 5) is 12.8. The molecule has 6 heteroatoms. The molecule has 0 saturated heterocycles. The highest BCUT2D eigenvalue weighted by atomic mass is 19.1. The van der Waals surface area contributed by atoms with Crippen molar-refractivity contribution in [3.63, 3.8) is 0 Å². The molecule has 2 N–H and O–H groups in total. The van der Waals surface area contributed by atoms with Crippen molar-refractivity contribution in [2.75, 3.05) is 24.5 Å². The van der Waals surface area contributed by atoms with Crippen LogP contribution >= 0.6 is 0 Å². The predicted molar refractivity (Wildman–Crippen MR) is 68.9 cm³/mol. The van der Waals surface area contributed by atoms with Gasteiger partial charge in [0.05, 0.1) is 13.2 Å². The molecule has 0 heterocycles. The fraction of sp³-hybridized carbons (Fsp3) is 0.462. The Morgan fingerprint density at radius 2 is 1.89 bits per heavy atom. The summed E-state index contributed by atoms with van der Waals surface area (Å²) in [6.07, 6.45) is 0. The first-order valence-electron chi connectivity index (χ1n) is 6.13. The molecule has 0 fully saturated rings. The molecule has 1 amide bonds. The highest BCUT2D eigenvalue weighted by Crippen LogP contribution is 2.24. The van der Waals surface area contributed by atoms with E-state index in [1.807, 2.05) is 0 Å². The predicted octanol–water partition coefficient (Wildman–Crippen LogP) is 1.42. The number of anilines is 1. The van der Waals surface area contributed by atoms with Crippen molar-refractivity contribution in [3.05, 3.63) is 29.3 Å². The fourth-order valence-corrected chi connectivity index (χ4v) is 1.79. The first-order chi connectivity index (χ1) is 9.03. The monoisotopic (exact) mass is 272 g/mol. The smallest absolute Gasteiger partial charge is 0.239 e. The minimum Gasteiger partial charge on any atom is -0.392 e. The second-order valence-corrected chi connectivity index (χ2v) is 4.03. The van der Waals surface area contributed by atoms with Gasteiger partial charge in [0.2, 0.25) is 5.91 Å². The number of halogens is 2. The molecule has 0 aliphatic heterocycles. The van der Waals surface area contributed by atoms with Crippen molar-refractivity contribution < 1.29 is 18.7 Å². The van der Waals surface area contributed by atoms with Crippen molar-refractivity contribution in [2.45, 2.75) is 20.5 Å². The number of nitrogens with zero attached hydrogens (tertiary/aromatic N) is 1. The van der Waals surface area contributed by atoms with Gasteiger partial charge in [0.25, 0.3) is 0 Å². The van der Waals surface area contributed by atoms with E-state index < -0.39 is 18.2 Å². The Morgan fingerprint density at radius 3 is 2.32 bits per heavy atom. The summed E-state index contributed by atoms with van der Waals surface area (Å²) in [5.74, 6) is -1.86. The summed E-state index contributed by atoms with van der Waals surface area (Å²) in [5.41, 5.74) is -0.0845. The van der Waals surface area contributed by atoms with E-state index in [1.165, 1.54) is 4.90 Å². The summed E-state index contributed by atoms with van der Waals surface area (Å²) >= 11 is 0. The van der Waals surface area contributed by atoms with Gasteiger partial charge in [-0.1, -0.05) is 0 Å². The van der Waals surface area contributed by atoms with E-state index in [9.17, 15) is 13.6 Å². The van der Waals surface area contributed by atoms with Crippen LogP contribution in [-0.2, 0) is 11.4 Å². The molecule has 0 aliphatic carbocycles. The molecule has 0 bridgehead atoms. The molecular weight excluding hydrogens is 254 g/mol. The number of carbonyl (C=O) groups is 1. The maximum Gasteiger partial charge on any atom is 0.239 e. The van der Waals surface area contributed by atoms with E-state index in [4.69, 9.17) is 5.11 Å². The van der Waals surface area contributed by atoms with Crippen LogP contribution in [0.4, 0.5) is 14.5 Å². The second kappa shape index (κ2) is 7.04. The molecule has 0 spiro atoms. The maximum atomic E-state index is 13.8. The summed E-state index contributed by atoms with van der Waals surface area (Å²) in [6, 6.07) is 2.14. The highest BCUT2D eigenvalue weighted by Gasteiger charge is 2.19. The van der Waals surface area contributed by atoms with E-state index in [0.717, 1.165) is 12.1 Å². The topological polar surface area (TPSA) is 52.6 Å². The number of hydrogen-bond acceptors (Lipinski definition) is 3. The molecule has 0 saturated carbocycles. The molecule has 1 aromatic carbocycles. The molecule has 0 unspecified atom stereocenters. The van der Waals surface area contributed by atoms with Crippen LogP contribution in [0.1, 0.15) is 19.4 Å². The Balaban J connectivity index is 3.01. The average Bonchev–Trinajstić information content (AvgIpc) is 2.36. The van der Waals surface area contributed by atoms with E-state index in [-0.39, 0.29) is 23.7 Å². The maximum absolute atomic E-state index is 13.8. The van der Waals surface area contributed by atoms with Crippen LogP contribution in [0.25, 0.3) is 0 Å². The van der Waals surface area contributed by atoms with Crippen LogP contribution in [0.3, 0.4) is 0 Å². The van der Waals surface area contributed by atoms with Crippen LogP contribution in [0.5, 0.6) is 0 Å². The molecule has 0 atom stereocenters. The number of carbonyl (C=O) groups excluding carboxylic acids is 1. The number of hydrogen-bond donors (Lipinski definition) is 2. The molecule has 1 aromatic rings. The van der Waals surface area contributed by atoms with Gasteiger partial charge in [-0.15, -0.1) is 0 Å². The fourth-order valence-electron chi connectivity index (χ4n) is 1.79. The number of benzene rings is 1. The van der Waals surface area contributed by atoms with Gasteiger partial charge in [0, 0.05) is 13.1 Å². The summed E-state index contributed by atoms with van der Waals surface area (Å²) in [7, 11) is 0. The molecule has 19 heavy (non-hydrogen) atoms. The third-order valence-corrected chi connectivity index (χ3v) is 2.67. The van der Waals surface area contributed by atoms with Gasteiger partial charge >= 0.3 is 0 Å². The minimum absolute atomic E-state index is 0.114. The number of nitrogens with one attached hydrogen (secondary N) is 1. The van der Waals surface area contributed by atoms with Gasteiger partial charge in [0.15, 0.2) is 0 Å². The first kappa shape index (κ1) is 15.4. The van der Waals surface area contributed by atoms with Crippen molar-refractivity contribution >= 4 is 11.6 Å². The largest absolute Gasteiger partial charge is 0.392 e. The van der Waals surface area contributed by atoms with Crippen LogP contribution in [0, 0.1) is 11.6 Å². The second-order valence-electron chi connectivity index (χ2n) is 4.03. The molecule has 4 nitrogen and oxygen atoms in total. The summed E-state index contributed by atoms with van der Waals surface area (Å²) in [6.45, 7) is 3.69. The zero-order valence-electron chi connectivity index (χ0n) is 11.0. The Morgan fingerprint density at radius 1 is 1.32 bits per heavy atom. The van der Waals surface area contributed by atoms with E-state index in [0.29, 0.717) is 13.1 Å². The molecule has 0 radical (unpaired) electrons. The van der Waals surface area contributed by atoms with E-state index in [2.05, 4.69) is 5.32 Å². The molecular formula is C13H18F2N2O2. The Bertz CT molecular complexity index is 429. The average molecular weight is 272 g/mol. The molecule has 106 valence electrons. The lowest BCUT2D eigenvalue weighted by atomic mass is 10.1. The standard InChI is InChI=1S/C13H18F2N2O2/c1-3-16-12(19)7-17(4-2)13-10(14)5-9(8-18)6-11(13)15/h5-6,18H,3-4,7-8H2,1-2H3,(H,16,19). The summed E-state index contributed by atoms with van der Waals surface area (Å²) in [5, 5.41) is 11.5. The first-order valence-corrected chi connectivity index (χ1v) is 6.13. The third kappa shape index (κ3) is 3.89. The highest BCUT2D eigenvalue weighted by molar-refractivity contribution is 5.81. The van der Waals surface area contributed by atoms with Crippen LogP contribution in [0.15, 0.2) is 12.1 Å². The summed E-state index contributed by atoms with van der Waals surface area (Å²) < 4.78 is 27.7. The van der Waals surface area contributed by atoms with Gasteiger partial charge in [-0.25, -0.2) is 8.78 Å². The Hall–Kier alpha value is -1.69. The third-order valence-electron chi connectivity index (χ3n) is 2.67. The number of aliphatic hydroxyl groups is 1.